The molecule has 2 rings (SSSR count). The monoisotopic (exact) mass is 232 g/mol. The summed E-state index contributed by atoms with van der Waals surface area (Å²) < 4.78 is 0. The number of piperazine rings is 1. The summed E-state index contributed by atoms with van der Waals surface area (Å²) in [5, 5.41) is 3.35. The Morgan fingerprint density at radius 2 is 2.18 bits per heavy atom. The van der Waals surface area contributed by atoms with Crippen molar-refractivity contribution < 1.29 is 4.79 Å². The van der Waals surface area contributed by atoms with Crippen molar-refractivity contribution in [3.05, 3.63) is 34.9 Å². The molecule has 1 N–H and O–H groups in total. The molecule has 0 radical (unpaired) electrons. The third-order valence-electron chi connectivity index (χ3n) is 3.49. The van der Waals surface area contributed by atoms with Crippen molar-refractivity contribution in [2.45, 2.75) is 26.8 Å². The van der Waals surface area contributed by atoms with E-state index in [1.54, 1.807) is 0 Å². The fourth-order valence-electron chi connectivity index (χ4n) is 2.27. The predicted molar refractivity (Wildman–Crippen MR) is 69.3 cm³/mol. The zero-order chi connectivity index (χ0) is 12.4. The van der Waals surface area contributed by atoms with Crippen LogP contribution in [0.4, 0.5) is 0 Å². The van der Waals surface area contributed by atoms with Gasteiger partial charge in [0.2, 0.25) is 0 Å². The zero-order valence-electron chi connectivity index (χ0n) is 10.8. The molecule has 3 heteroatoms. The topological polar surface area (TPSA) is 32.3 Å². The smallest absolute Gasteiger partial charge is 0.254 e. The summed E-state index contributed by atoms with van der Waals surface area (Å²) in [7, 11) is 0. The minimum Gasteiger partial charge on any atom is -0.336 e. The molecule has 0 spiro atoms. The van der Waals surface area contributed by atoms with Crippen LogP contribution in [0.25, 0.3) is 0 Å². The number of hydrogen-bond donors (Lipinski definition) is 1. The van der Waals surface area contributed by atoms with Crippen molar-refractivity contribution >= 4 is 5.91 Å². The summed E-state index contributed by atoms with van der Waals surface area (Å²) in [6, 6.07) is 6.32. The van der Waals surface area contributed by atoms with Crippen LogP contribution in [0.15, 0.2) is 18.2 Å². The Hall–Kier alpha value is -1.35. The largest absolute Gasteiger partial charge is 0.336 e. The van der Waals surface area contributed by atoms with Gasteiger partial charge in [-0.1, -0.05) is 12.1 Å². The highest BCUT2D eigenvalue weighted by molar-refractivity contribution is 5.96. The normalized spacial score (nSPS) is 20.4. The van der Waals surface area contributed by atoms with E-state index in [1.165, 1.54) is 5.56 Å². The van der Waals surface area contributed by atoms with Gasteiger partial charge < -0.3 is 10.2 Å². The van der Waals surface area contributed by atoms with Gasteiger partial charge in [0, 0.05) is 31.2 Å². The Bertz CT molecular complexity index is 428. The van der Waals surface area contributed by atoms with Crippen molar-refractivity contribution in [2.75, 3.05) is 19.6 Å². The minimum absolute atomic E-state index is 0.166. The zero-order valence-corrected chi connectivity index (χ0v) is 10.8. The predicted octanol–water partition coefficient (Wildman–Crippen LogP) is 1.74. The molecular weight excluding hydrogens is 212 g/mol. The molecule has 3 nitrogen and oxygen atoms in total. The van der Waals surface area contributed by atoms with Gasteiger partial charge in [0.1, 0.15) is 0 Å². The molecule has 1 fully saturated rings. The summed E-state index contributed by atoms with van der Waals surface area (Å²) in [4.78, 5) is 14.4. The number of nitrogens with zero attached hydrogens (tertiary/aromatic N) is 1. The summed E-state index contributed by atoms with van der Waals surface area (Å²) in [6.07, 6.45) is 0. The molecular formula is C14H20N2O. The summed E-state index contributed by atoms with van der Waals surface area (Å²) in [5.74, 6) is 0.166. The minimum atomic E-state index is 0.166. The Morgan fingerprint density at radius 1 is 1.41 bits per heavy atom. The van der Waals surface area contributed by atoms with E-state index in [-0.39, 0.29) is 5.91 Å². The summed E-state index contributed by atoms with van der Waals surface area (Å²) >= 11 is 0. The molecule has 1 amide bonds. The average Bonchev–Trinajstić information content (AvgIpc) is 2.32. The molecule has 0 saturated carbocycles. The maximum Gasteiger partial charge on any atom is 0.254 e. The number of rotatable bonds is 1. The molecule has 17 heavy (non-hydrogen) atoms. The summed E-state index contributed by atoms with van der Waals surface area (Å²) in [6.45, 7) is 8.67. The average molecular weight is 232 g/mol. The Balaban J connectivity index is 2.22. The second kappa shape index (κ2) is 4.88. The lowest BCUT2D eigenvalue weighted by Crippen LogP contribution is -2.51. The van der Waals surface area contributed by atoms with E-state index in [0.29, 0.717) is 6.04 Å². The van der Waals surface area contributed by atoms with Crippen LogP contribution in [-0.2, 0) is 0 Å². The van der Waals surface area contributed by atoms with E-state index in [2.05, 4.69) is 12.2 Å². The van der Waals surface area contributed by atoms with Gasteiger partial charge >= 0.3 is 0 Å². The van der Waals surface area contributed by atoms with Crippen molar-refractivity contribution in [1.82, 2.24) is 10.2 Å². The van der Waals surface area contributed by atoms with Crippen LogP contribution >= 0.6 is 0 Å². The first-order valence-corrected chi connectivity index (χ1v) is 6.18. The number of hydrogen-bond acceptors (Lipinski definition) is 2. The molecule has 0 bridgehead atoms. The molecule has 1 unspecified atom stereocenters. The fourth-order valence-corrected chi connectivity index (χ4v) is 2.27. The van der Waals surface area contributed by atoms with Crippen LogP contribution in [0.2, 0.25) is 0 Å². The van der Waals surface area contributed by atoms with Crippen LogP contribution in [-0.4, -0.2) is 36.5 Å². The van der Waals surface area contributed by atoms with Gasteiger partial charge in [0.25, 0.3) is 5.91 Å². The van der Waals surface area contributed by atoms with Crippen molar-refractivity contribution in [3.63, 3.8) is 0 Å². The maximum atomic E-state index is 12.4. The second-order valence-corrected chi connectivity index (χ2v) is 4.85. The quantitative estimate of drug-likeness (QED) is 0.800. The number of carbonyl (C=O) groups excluding carboxylic acids is 1. The molecule has 1 saturated heterocycles. The van der Waals surface area contributed by atoms with Crippen molar-refractivity contribution in [2.24, 2.45) is 0 Å². The number of aryl methyl sites for hydroxylation is 1. The first-order chi connectivity index (χ1) is 8.09. The highest BCUT2D eigenvalue weighted by Crippen LogP contribution is 2.15. The van der Waals surface area contributed by atoms with E-state index < -0.39 is 0 Å². The van der Waals surface area contributed by atoms with E-state index >= 15 is 0 Å². The molecule has 1 heterocycles. The van der Waals surface area contributed by atoms with Gasteiger partial charge in [-0.2, -0.15) is 0 Å². The molecule has 1 aliphatic rings. The van der Waals surface area contributed by atoms with E-state index in [1.807, 2.05) is 36.9 Å². The number of amides is 1. The SMILES string of the molecule is Cc1cccc(C(=O)N2CCNC(C)C2)c1C. The van der Waals surface area contributed by atoms with Crippen LogP contribution in [0.3, 0.4) is 0 Å². The summed E-state index contributed by atoms with van der Waals surface area (Å²) in [5.41, 5.74) is 3.13. The highest BCUT2D eigenvalue weighted by Gasteiger charge is 2.22. The molecule has 1 atom stereocenters. The second-order valence-electron chi connectivity index (χ2n) is 4.85. The first-order valence-electron chi connectivity index (χ1n) is 6.18. The Labute approximate surface area is 103 Å². The standard InChI is InChI=1S/C14H20N2O/c1-10-5-4-6-13(12(10)3)14(17)16-8-7-15-11(2)9-16/h4-6,11,15H,7-9H2,1-3H3. The van der Waals surface area contributed by atoms with Crippen molar-refractivity contribution in [1.29, 1.82) is 0 Å². The van der Waals surface area contributed by atoms with E-state index in [4.69, 9.17) is 0 Å². The number of benzene rings is 1. The lowest BCUT2D eigenvalue weighted by Gasteiger charge is -2.32. The molecule has 1 aliphatic heterocycles. The van der Waals surface area contributed by atoms with Crippen LogP contribution in [0.5, 0.6) is 0 Å². The van der Waals surface area contributed by atoms with Gasteiger partial charge in [-0.3, -0.25) is 4.79 Å². The lowest BCUT2D eigenvalue weighted by atomic mass is 10.0. The Kier molecular flexibility index (Phi) is 3.48. The fraction of sp³-hybridized carbons (Fsp3) is 0.500. The van der Waals surface area contributed by atoms with Gasteiger partial charge in [0.05, 0.1) is 0 Å². The Morgan fingerprint density at radius 3 is 2.88 bits per heavy atom. The number of nitrogens with one attached hydrogen (secondary N) is 1. The molecule has 92 valence electrons. The third kappa shape index (κ3) is 2.50. The number of carbonyl (C=O) groups is 1. The van der Waals surface area contributed by atoms with Crippen LogP contribution in [0.1, 0.15) is 28.4 Å². The molecule has 0 aromatic heterocycles. The maximum absolute atomic E-state index is 12.4. The van der Waals surface area contributed by atoms with E-state index in [0.717, 1.165) is 30.8 Å². The van der Waals surface area contributed by atoms with Crippen LogP contribution in [0, 0.1) is 13.8 Å². The van der Waals surface area contributed by atoms with Crippen LogP contribution < -0.4 is 5.32 Å². The van der Waals surface area contributed by atoms with Gasteiger partial charge in [-0.25, -0.2) is 0 Å². The van der Waals surface area contributed by atoms with Gasteiger partial charge in [-0.15, -0.1) is 0 Å². The van der Waals surface area contributed by atoms with E-state index in [9.17, 15) is 4.79 Å². The highest BCUT2D eigenvalue weighted by atomic mass is 16.2. The molecule has 1 aromatic carbocycles. The van der Waals surface area contributed by atoms with Crippen molar-refractivity contribution in [3.8, 4) is 0 Å². The van der Waals surface area contributed by atoms with Gasteiger partial charge in [0.15, 0.2) is 0 Å². The third-order valence-corrected chi connectivity index (χ3v) is 3.49. The lowest BCUT2D eigenvalue weighted by molar-refractivity contribution is 0.0708. The molecule has 0 aliphatic carbocycles. The van der Waals surface area contributed by atoms with Gasteiger partial charge in [-0.05, 0) is 38.0 Å². The molecule has 1 aromatic rings. The first kappa shape index (κ1) is 12.1.